The fourth-order valence-corrected chi connectivity index (χ4v) is 2.82. The first kappa shape index (κ1) is 10.7. The van der Waals surface area contributed by atoms with E-state index in [0.29, 0.717) is 0 Å². The topological polar surface area (TPSA) is 24.4 Å². The summed E-state index contributed by atoms with van der Waals surface area (Å²) in [6.07, 6.45) is 0. The van der Waals surface area contributed by atoms with Gasteiger partial charge in [0.25, 0.3) is 0 Å². The zero-order chi connectivity index (χ0) is 11.5. The molecule has 1 aliphatic rings. The van der Waals surface area contributed by atoms with Crippen LogP contribution in [0, 0.1) is 0 Å². The Bertz CT molecular complexity index is 563. The third-order valence-corrected chi connectivity index (χ3v) is 3.86. The van der Waals surface area contributed by atoms with Gasteiger partial charge in [0.05, 0.1) is 6.54 Å². The van der Waals surface area contributed by atoms with Crippen LogP contribution in [-0.2, 0) is 5.75 Å². The van der Waals surface area contributed by atoms with Gasteiger partial charge in [0.1, 0.15) is 0 Å². The van der Waals surface area contributed by atoms with Crippen molar-refractivity contribution in [1.29, 1.82) is 0 Å². The van der Waals surface area contributed by atoms with E-state index >= 15 is 0 Å². The molecule has 0 aliphatic carbocycles. The molecule has 0 aromatic heterocycles. The third kappa shape index (κ3) is 2.44. The number of fused-ring (bicyclic) bond motifs is 1. The zero-order valence-corrected chi connectivity index (χ0v) is 10.3. The van der Waals surface area contributed by atoms with Crippen LogP contribution in [0.2, 0.25) is 0 Å². The smallest absolute Gasteiger partial charge is 0.157 e. The average molecular weight is 242 g/mol. The van der Waals surface area contributed by atoms with Crippen LogP contribution < -0.4 is 5.32 Å². The summed E-state index contributed by atoms with van der Waals surface area (Å²) in [4.78, 5) is 4.38. The van der Waals surface area contributed by atoms with Crippen molar-refractivity contribution in [2.45, 2.75) is 5.75 Å². The molecule has 2 aromatic rings. The SMILES string of the molecule is c1ccc2cc(CSC3=NCCN3)ccc2c1. The molecule has 0 fully saturated rings. The van der Waals surface area contributed by atoms with Crippen molar-refractivity contribution in [3.8, 4) is 0 Å². The molecule has 17 heavy (non-hydrogen) atoms. The van der Waals surface area contributed by atoms with Gasteiger partial charge in [0, 0.05) is 12.3 Å². The van der Waals surface area contributed by atoms with Gasteiger partial charge >= 0.3 is 0 Å². The first-order valence-corrected chi connectivity index (χ1v) is 6.79. The Balaban J connectivity index is 1.76. The number of nitrogens with one attached hydrogen (secondary N) is 1. The van der Waals surface area contributed by atoms with Crippen LogP contribution in [0.25, 0.3) is 10.8 Å². The Morgan fingerprint density at radius 3 is 2.82 bits per heavy atom. The van der Waals surface area contributed by atoms with E-state index in [2.05, 4.69) is 52.8 Å². The Morgan fingerprint density at radius 1 is 1.12 bits per heavy atom. The van der Waals surface area contributed by atoms with Gasteiger partial charge in [-0.3, -0.25) is 4.99 Å². The number of rotatable bonds is 2. The molecule has 0 atom stereocenters. The van der Waals surface area contributed by atoms with Crippen molar-refractivity contribution in [2.24, 2.45) is 4.99 Å². The van der Waals surface area contributed by atoms with Gasteiger partial charge in [-0.2, -0.15) is 0 Å². The lowest BCUT2D eigenvalue weighted by Crippen LogP contribution is -2.14. The van der Waals surface area contributed by atoms with Crippen LogP contribution in [0.4, 0.5) is 0 Å². The zero-order valence-electron chi connectivity index (χ0n) is 9.52. The second-order valence-corrected chi connectivity index (χ2v) is 5.05. The van der Waals surface area contributed by atoms with Crippen LogP contribution in [0.5, 0.6) is 0 Å². The molecule has 3 rings (SSSR count). The molecule has 0 saturated carbocycles. The van der Waals surface area contributed by atoms with Crippen molar-refractivity contribution < 1.29 is 0 Å². The van der Waals surface area contributed by atoms with Gasteiger partial charge < -0.3 is 5.32 Å². The monoisotopic (exact) mass is 242 g/mol. The van der Waals surface area contributed by atoms with E-state index < -0.39 is 0 Å². The van der Waals surface area contributed by atoms with Gasteiger partial charge in [-0.05, 0) is 16.3 Å². The third-order valence-electron chi connectivity index (χ3n) is 2.83. The lowest BCUT2D eigenvalue weighted by Gasteiger charge is -2.04. The standard InChI is InChI=1S/C14H14N2S/c1-2-4-13-9-11(5-6-12(13)3-1)10-17-14-15-7-8-16-14/h1-6,9H,7-8,10H2,(H,15,16). The number of amidine groups is 1. The molecule has 1 heterocycles. The second kappa shape index (κ2) is 4.80. The van der Waals surface area contributed by atoms with Crippen LogP contribution in [0.1, 0.15) is 5.56 Å². The summed E-state index contributed by atoms with van der Waals surface area (Å²) in [7, 11) is 0. The summed E-state index contributed by atoms with van der Waals surface area (Å²) < 4.78 is 0. The molecular weight excluding hydrogens is 228 g/mol. The Labute approximate surface area is 105 Å². The fraction of sp³-hybridized carbons (Fsp3) is 0.214. The summed E-state index contributed by atoms with van der Waals surface area (Å²) in [5, 5.41) is 6.97. The van der Waals surface area contributed by atoms with Gasteiger partial charge in [0.15, 0.2) is 5.17 Å². The average Bonchev–Trinajstić information content (AvgIpc) is 2.89. The van der Waals surface area contributed by atoms with Crippen LogP contribution in [0.3, 0.4) is 0 Å². The van der Waals surface area contributed by atoms with E-state index in [4.69, 9.17) is 0 Å². The predicted molar refractivity (Wildman–Crippen MR) is 75.5 cm³/mol. The minimum atomic E-state index is 0.917. The van der Waals surface area contributed by atoms with Crippen molar-refractivity contribution in [3.05, 3.63) is 48.0 Å². The van der Waals surface area contributed by atoms with E-state index in [1.807, 2.05) is 0 Å². The molecule has 86 valence electrons. The maximum atomic E-state index is 4.38. The van der Waals surface area contributed by atoms with Gasteiger partial charge in [-0.15, -0.1) is 0 Å². The number of thioether (sulfide) groups is 1. The molecule has 0 saturated heterocycles. The molecule has 2 aromatic carbocycles. The highest BCUT2D eigenvalue weighted by Gasteiger charge is 2.05. The molecule has 2 nitrogen and oxygen atoms in total. The number of hydrogen-bond acceptors (Lipinski definition) is 3. The van der Waals surface area contributed by atoms with Crippen LogP contribution >= 0.6 is 11.8 Å². The summed E-state index contributed by atoms with van der Waals surface area (Å²) in [6.45, 7) is 1.90. The normalized spacial score (nSPS) is 14.7. The maximum Gasteiger partial charge on any atom is 0.157 e. The molecular formula is C14H14N2S. The molecule has 0 unspecified atom stereocenters. The molecule has 0 spiro atoms. The number of aliphatic imine (C=N–C) groups is 1. The molecule has 0 amide bonds. The highest BCUT2D eigenvalue weighted by atomic mass is 32.2. The molecule has 1 N–H and O–H groups in total. The molecule has 1 aliphatic heterocycles. The Morgan fingerprint density at radius 2 is 2.00 bits per heavy atom. The van der Waals surface area contributed by atoms with E-state index in [0.717, 1.165) is 24.0 Å². The first-order valence-electron chi connectivity index (χ1n) is 5.81. The number of benzene rings is 2. The highest BCUT2D eigenvalue weighted by molar-refractivity contribution is 8.13. The van der Waals surface area contributed by atoms with Gasteiger partial charge in [-0.25, -0.2) is 0 Å². The lowest BCUT2D eigenvalue weighted by atomic mass is 10.1. The van der Waals surface area contributed by atoms with Crippen LogP contribution in [0.15, 0.2) is 47.5 Å². The Kier molecular flexibility index (Phi) is 3.01. The Hall–Kier alpha value is -1.48. The summed E-state index contributed by atoms with van der Waals surface area (Å²) >= 11 is 1.78. The van der Waals surface area contributed by atoms with E-state index in [9.17, 15) is 0 Å². The summed E-state index contributed by atoms with van der Waals surface area (Å²) in [5.74, 6) is 0.983. The minimum Gasteiger partial charge on any atom is -0.363 e. The van der Waals surface area contributed by atoms with Crippen molar-refractivity contribution in [1.82, 2.24) is 5.32 Å². The largest absolute Gasteiger partial charge is 0.363 e. The minimum absolute atomic E-state index is 0.917. The highest BCUT2D eigenvalue weighted by Crippen LogP contribution is 2.20. The molecule has 3 heteroatoms. The second-order valence-electron chi connectivity index (χ2n) is 4.08. The first-order chi connectivity index (χ1) is 8.42. The van der Waals surface area contributed by atoms with Gasteiger partial charge in [0.2, 0.25) is 0 Å². The fourth-order valence-electron chi connectivity index (χ4n) is 1.95. The number of hydrogen-bond donors (Lipinski definition) is 1. The quantitative estimate of drug-likeness (QED) is 0.875. The van der Waals surface area contributed by atoms with Crippen molar-refractivity contribution >= 4 is 27.7 Å². The lowest BCUT2D eigenvalue weighted by molar-refractivity contribution is 0.963. The van der Waals surface area contributed by atoms with Crippen molar-refractivity contribution in [3.63, 3.8) is 0 Å². The summed E-state index contributed by atoms with van der Waals surface area (Å²) in [6, 6.07) is 15.1. The molecule has 0 bridgehead atoms. The van der Waals surface area contributed by atoms with E-state index in [-0.39, 0.29) is 0 Å². The van der Waals surface area contributed by atoms with E-state index in [1.165, 1.54) is 16.3 Å². The number of nitrogens with zero attached hydrogens (tertiary/aromatic N) is 1. The maximum absolute atomic E-state index is 4.38. The predicted octanol–water partition coefficient (Wildman–Crippen LogP) is 3.03. The van der Waals surface area contributed by atoms with Crippen molar-refractivity contribution in [2.75, 3.05) is 13.1 Å². The summed E-state index contributed by atoms with van der Waals surface area (Å²) in [5.41, 5.74) is 1.35. The molecule has 0 radical (unpaired) electrons. The van der Waals surface area contributed by atoms with Gasteiger partial charge in [-0.1, -0.05) is 54.2 Å². The van der Waals surface area contributed by atoms with Crippen LogP contribution in [-0.4, -0.2) is 18.3 Å². The van der Waals surface area contributed by atoms with E-state index in [1.54, 1.807) is 11.8 Å².